The summed E-state index contributed by atoms with van der Waals surface area (Å²) in [6.45, 7) is 2.35. The highest BCUT2D eigenvalue weighted by Gasteiger charge is 2.31. The van der Waals surface area contributed by atoms with E-state index in [-0.39, 0.29) is 28.7 Å². The SMILES string of the molecule is CCOC(=O)CN(c1ccccc1C(=O)OC)S(=O)(=O)c1ccc(NC(C)=O)cc1. The van der Waals surface area contributed by atoms with E-state index in [0.717, 1.165) is 4.31 Å². The highest BCUT2D eigenvalue weighted by Crippen LogP contribution is 2.28. The first kappa shape index (κ1) is 22.9. The number of nitrogens with one attached hydrogen (secondary N) is 1. The van der Waals surface area contributed by atoms with Gasteiger partial charge in [-0.05, 0) is 43.3 Å². The van der Waals surface area contributed by atoms with E-state index in [9.17, 15) is 22.8 Å². The minimum Gasteiger partial charge on any atom is -0.465 e. The van der Waals surface area contributed by atoms with Gasteiger partial charge in [0.1, 0.15) is 6.54 Å². The number of nitrogens with zero attached hydrogens (tertiary/aromatic N) is 1. The van der Waals surface area contributed by atoms with E-state index >= 15 is 0 Å². The number of sulfonamides is 1. The first-order valence-corrected chi connectivity index (χ1v) is 10.4. The van der Waals surface area contributed by atoms with Crippen molar-refractivity contribution in [2.24, 2.45) is 0 Å². The Hall–Kier alpha value is -3.40. The monoisotopic (exact) mass is 434 g/mol. The molecule has 0 atom stereocenters. The molecule has 0 aliphatic rings. The van der Waals surface area contributed by atoms with Crippen molar-refractivity contribution in [3.05, 3.63) is 54.1 Å². The summed E-state index contributed by atoms with van der Waals surface area (Å²) in [5.41, 5.74) is 0.361. The van der Waals surface area contributed by atoms with Gasteiger partial charge in [-0.15, -0.1) is 0 Å². The van der Waals surface area contributed by atoms with Gasteiger partial charge in [0.05, 0.1) is 29.9 Å². The van der Waals surface area contributed by atoms with Crippen LogP contribution in [0.4, 0.5) is 11.4 Å². The summed E-state index contributed by atoms with van der Waals surface area (Å²) in [6.07, 6.45) is 0. The van der Waals surface area contributed by atoms with E-state index in [0.29, 0.717) is 5.69 Å². The van der Waals surface area contributed by atoms with Crippen LogP contribution in [0.3, 0.4) is 0 Å². The number of para-hydroxylation sites is 1. The van der Waals surface area contributed by atoms with Crippen LogP contribution < -0.4 is 9.62 Å². The summed E-state index contributed by atoms with van der Waals surface area (Å²) in [7, 11) is -3.09. The van der Waals surface area contributed by atoms with Crippen LogP contribution >= 0.6 is 0 Å². The molecule has 9 nitrogen and oxygen atoms in total. The van der Waals surface area contributed by atoms with Crippen molar-refractivity contribution < 1.29 is 32.3 Å². The number of rotatable bonds is 8. The van der Waals surface area contributed by atoms with Gasteiger partial charge in [-0.25, -0.2) is 13.2 Å². The molecule has 0 unspecified atom stereocenters. The third kappa shape index (κ3) is 5.35. The van der Waals surface area contributed by atoms with Crippen molar-refractivity contribution in [3.63, 3.8) is 0 Å². The normalized spacial score (nSPS) is 10.8. The highest BCUT2D eigenvalue weighted by atomic mass is 32.2. The molecule has 0 radical (unpaired) electrons. The summed E-state index contributed by atoms with van der Waals surface area (Å²) in [5, 5.41) is 2.54. The Kier molecular flexibility index (Phi) is 7.54. The molecule has 30 heavy (non-hydrogen) atoms. The first-order valence-electron chi connectivity index (χ1n) is 8.94. The summed E-state index contributed by atoms with van der Waals surface area (Å²) >= 11 is 0. The molecule has 2 aromatic rings. The average Bonchev–Trinajstić information content (AvgIpc) is 2.71. The quantitative estimate of drug-likeness (QED) is 0.633. The van der Waals surface area contributed by atoms with Crippen molar-refractivity contribution >= 4 is 39.2 Å². The second-order valence-electron chi connectivity index (χ2n) is 6.03. The zero-order valence-corrected chi connectivity index (χ0v) is 17.6. The number of amides is 1. The number of anilines is 2. The highest BCUT2D eigenvalue weighted by molar-refractivity contribution is 7.92. The molecule has 0 aromatic heterocycles. The minimum absolute atomic E-state index is 0.0247. The lowest BCUT2D eigenvalue weighted by atomic mass is 10.2. The van der Waals surface area contributed by atoms with E-state index in [4.69, 9.17) is 9.47 Å². The number of ether oxygens (including phenoxy) is 2. The lowest BCUT2D eigenvalue weighted by Crippen LogP contribution is -2.37. The molecule has 0 heterocycles. The minimum atomic E-state index is -4.26. The van der Waals surface area contributed by atoms with Crippen LogP contribution in [-0.4, -0.2) is 46.5 Å². The Morgan fingerprint density at radius 3 is 2.23 bits per heavy atom. The first-order chi connectivity index (χ1) is 14.2. The van der Waals surface area contributed by atoms with Gasteiger partial charge in [0, 0.05) is 12.6 Å². The van der Waals surface area contributed by atoms with Crippen LogP contribution in [0.25, 0.3) is 0 Å². The number of hydrogen-bond acceptors (Lipinski definition) is 7. The fourth-order valence-electron chi connectivity index (χ4n) is 2.64. The van der Waals surface area contributed by atoms with Crippen molar-refractivity contribution in [1.82, 2.24) is 0 Å². The van der Waals surface area contributed by atoms with Crippen LogP contribution in [0.5, 0.6) is 0 Å². The van der Waals surface area contributed by atoms with Gasteiger partial charge in [0.15, 0.2) is 0 Å². The van der Waals surface area contributed by atoms with Gasteiger partial charge in [0.25, 0.3) is 10.0 Å². The zero-order valence-electron chi connectivity index (χ0n) is 16.7. The summed E-state index contributed by atoms with van der Waals surface area (Å²) in [5.74, 6) is -1.84. The molecule has 2 aromatic carbocycles. The molecule has 0 fully saturated rings. The molecular formula is C20H22N2O7S. The van der Waals surface area contributed by atoms with Gasteiger partial charge >= 0.3 is 11.9 Å². The van der Waals surface area contributed by atoms with E-state index in [2.05, 4.69) is 5.32 Å². The molecule has 0 aliphatic heterocycles. The maximum Gasteiger partial charge on any atom is 0.340 e. The second-order valence-corrected chi connectivity index (χ2v) is 7.89. The molecule has 0 spiro atoms. The summed E-state index contributed by atoms with van der Waals surface area (Å²) in [6, 6.07) is 11.3. The second kappa shape index (κ2) is 9.88. The number of carbonyl (C=O) groups excluding carboxylic acids is 3. The predicted octanol–water partition coefficient (Wildman–Crippen LogP) is 2.19. The van der Waals surface area contributed by atoms with Crippen molar-refractivity contribution in [2.45, 2.75) is 18.7 Å². The Morgan fingerprint density at radius 2 is 1.67 bits per heavy atom. The third-order valence-corrected chi connectivity index (χ3v) is 5.69. The Bertz CT molecular complexity index is 1030. The Morgan fingerprint density at radius 1 is 1.03 bits per heavy atom. The number of benzene rings is 2. The molecule has 1 amide bonds. The number of methoxy groups -OCH3 is 1. The fourth-order valence-corrected chi connectivity index (χ4v) is 4.07. The summed E-state index contributed by atoms with van der Waals surface area (Å²) in [4.78, 5) is 35.3. The maximum absolute atomic E-state index is 13.3. The van der Waals surface area contributed by atoms with E-state index in [1.165, 1.54) is 56.5 Å². The van der Waals surface area contributed by atoms with Gasteiger partial charge < -0.3 is 14.8 Å². The molecule has 2 rings (SSSR count). The number of esters is 2. The summed E-state index contributed by atoms with van der Waals surface area (Å²) < 4.78 is 37.1. The molecule has 0 saturated carbocycles. The van der Waals surface area contributed by atoms with Crippen LogP contribution in [0.1, 0.15) is 24.2 Å². The van der Waals surface area contributed by atoms with Gasteiger partial charge in [-0.2, -0.15) is 0 Å². The Balaban J connectivity index is 2.55. The van der Waals surface area contributed by atoms with Crippen LogP contribution in [0.2, 0.25) is 0 Å². The molecular weight excluding hydrogens is 412 g/mol. The lowest BCUT2D eigenvalue weighted by Gasteiger charge is -2.25. The molecule has 160 valence electrons. The van der Waals surface area contributed by atoms with Gasteiger partial charge in [-0.1, -0.05) is 12.1 Å². The molecule has 1 N–H and O–H groups in total. The van der Waals surface area contributed by atoms with Crippen molar-refractivity contribution in [3.8, 4) is 0 Å². The Labute approximate surface area is 174 Å². The van der Waals surface area contributed by atoms with E-state index in [1.807, 2.05) is 0 Å². The lowest BCUT2D eigenvalue weighted by molar-refractivity contribution is -0.141. The van der Waals surface area contributed by atoms with Crippen molar-refractivity contribution in [1.29, 1.82) is 0 Å². The molecule has 0 saturated heterocycles. The standard InChI is InChI=1S/C20H22N2O7S/c1-4-29-19(24)13-22(18-8-6-5-7-17(18)20(25)28-3)30(26,27)16-11-9-15(10-12-16)21-14(2)23/h5-12H,4,13H2,1-3H3,(H,21,23). The number of hydrogen-bond donors (Lipinski definition) is 1. The fraction of sp³-hybridized carbons (Fsp3) is 0.250. The van der Waals surface area contributed by atoms with Crippen LogP contribution in [0, 0.1) is 0 Å². The average molecular weight is 434 g/mol. The maximum atomic E-state index is 13.3. The topological polar surface area (TPSA) is 119 Å². The van der Waals surface area contributed by atoms with E-state index in [1.54, 1.807) is 13.0 Å². The van der Waals surface area contributed by atoms with Gasteiger partial charge in [-0.3, -0.25) is 13.9 Å². The largest absolute Gasteiger partial charge is 0.465 e. The molecule has 10 heteroatoms. The van der Waals surface area contributed by atoms with Crippen molar-refractivity contribution in [2.75, 3.05) is 29.9 Å². The van der Waals surface area contributed by atoms with E-state index < -0.39 is 28.5 Å². The molecule has 0 aliphatic carbocycles. The van der Waals surface area contributed by atoms with Crippen LogP contribution in [-0.2, 0) is 29.1 Å². The number of carbonyl (C=O) groups is 3. The smallest absolute Gasteiger partial charge is 0.340 e. The third-order valence-electron chi connectivity index (χ3n) is 3.92. The zero-order chi connectivity index (χ0) is 22.3. The van der Waals surface area contributed by atoms with Gasteiger partial charge in [0.2, 0.25) is 5.91 Å². The predicted molar refractivity (Wildman–Crippen MR) is 110 cm³/mol. The van der Waals surface area contributed by atoms with Crippen LogP contribution in [0.15, 0.2) is 53.4 Å². The molecule has 0 bridgehead atoms.